The van der Waals surface area contributed by atoms with Gasteiger partial charge in [0.15, 0.2) is 0 Å². The lowest BCUT2D eigenvalue weighted by atomic mass is 9.71. The average Bonchev–Trinajstić information content (AvgIpc) is 2.30. The second-order valence-electron chi connectivity index (χ2n) is 3.06. The van der Waals surface area contributed by atoms with E-state index in [1.165, 1.54) is 0 Å². The van der Waals surface area contributed by atoms with Gasteiger partial charge in [0, 0.05) is 5.25 Å². The number of aliphatic imine (C=N–C) groups is 1. The second-order valence-corrected chi connectivity index (χ2v) is 4.09. The van der Waals surface area contributed by atoms with E-state index in [1.54, 1.807) is 0 Å². The SMILES string of the molecule is CC1C(C)[C@H]2N=CSC12. The normalized spacial score (nSPS) is 54.9. The molecule has 4 atom stereocenters. The third-order valence-corrected chi connectivity index (χ3v) is 3.94. The minimum atomic E-state index is 0.671. The molecule has 0 bridgehead atoms. The van der Waals surface area contributed by atoms with Crippen molar-refractivity contribution < 1.29 is 0 Å². The van der Waals surface area contributed by atoms with Gasteiger partial charge in [0.25, 0.3) is 0 Å². The zero-order valence-electron chi connectivity index (χ0n) is 5.74. The first-order chi connectivity index (χ1) is 4.30. The minimum absolute atomic E-state index is 0.671. The summed E-state index contributed by atoms with van der Waals surface area (Å²) in [5, 5.41) is 0.833. The van der Waals surface area contributed by atoms with Crippen LogP contribution in [0.25, 0.3) is 0 Å². The quantitative estimate of drug-likeness (QED) is 0.501. The smallest absolute Gasteiger partial charge is 0.0659 e. The van der Waals surface area contributed by atoms with E-state index in [1.807, 2.05) is 17.3 Å². The summed E-state index contributed by atoms with van der Waals surface area (Å²) < 4.78 is 0. The molecule has 1 heterocycles. The lowest BCUT2D eigenvalue weighted by molar-refractivity contribution is 0.193. The molecule has 0 aromatic heterocycles. The molecule has 0 aromatic carbocycles. The molecule has 0 spiro atoms. The van der Waals surface area contributed by atoms with Crippen molar-refractivity contribution in [1.29, 1.82) is 0 Å². The molecule has 9 heavy (non-hydrogen) atoms. The van der Waals surface area contributed by atoms with Crippen LogP contribution in [0.4, 0.5) is 0 Å². The molecule has 1 fully saturated rings. The van der Waals surface area contributed by atoms with E-state index in [0.29, 0.717) is 6.04 Å². The van der Waals surface area contributed by atoms with Crippen LogP contribution in [0.15, 0.2) is 4.99 Å². The van der Waals surface area contributed by atoms with Gasteiger partial charge in [-0.3, -0.25) is 4.99 Å². The standard InChI is InChI=1S/C7H11NS/c1-4-5(2)7-6(4)8-3-9-7/h3-7H,1-2H3/t4?,5?,6-,7?/m1/s1. The van der Waals surface area contributed by atoms with Crippen LogP contribution in [0.3, 0.4) is 0 Å². The minimum Gasteiger partial charge on any atom is -0.282 e. The second kappa shape index (κ2) is 1.75. The summed E-state index contributed by atoms with van der Waals surface area (Å²) in [6, 6.07) is 0.671. The Morgan fingerprint density at radius 3 is 2.78 bits per heavy atom. The fourth-order valence-corrected chi connectivity index (χ4v) is 3.00. The zero-order valence-corrected chi connectivity index (χ0v) is 6.56. The Balaban J connectivity index is 2.12. The molecule has 0 aromatic rings. The lowest BCUT2D eigenvalue weighted by Crippen LogP contribution is -2.47. The summed E-state index contributed by atoms with van der Waals surface area (Å²) >= 11 is 1.91. The third-order valence-electron chi connectivity index (χ3n) is 2.67. The van der Waals surface area contributed by atoms with Crippen LogP contribution in [-0.4, -0.2) is 16.8 Å². The van der Waals surface area contributed by atoms with Gasteiger partial charge < -0.3 is 0 Å². The Labute approximate surface area is 59.9 Å². The van der Waals surface area contributed by atoms with Crippen molar-refractivity contribution in [3.63, 3.8) is 0 Å². The lowest BCUT2D eigenvalue weighted by Gasteiger charge is -2.42. The van der Waals surface area contributed by atoms with E-state index in [2.05, 4.69) is 18.8 Å². The topological polar surface area (TPSA) is 12.4 Å². The Kier molecular flexibility index (Phi) is 1.12. The van der Waals surface area contributed by atoms with Crippen molar-refractivity contribution in [2.45, 2.75) is 25.1 Å². The highest BCUT2D eigenvalue weighted by molar-refractivity contribution is 8.13. The van der Waals surface area contributed by atoms with E-state index in [0.717, 1.165) is 17.1 Å². The number of fused-ring (bicyclic) bond motifs is 1. The van der Waals surface area contributed by atoms with Gasteiger partial charge in [-0.2, -0.15) is 0 Å². The molecule has 0 saturated heterocycles. The number of hydrogen-bond acceptors (Lipinski definition) is 2. The molecule has 50 valence electrons. The third kappa shape index (κ3) is 0.599. The monoisotopic (exact) mass is 141 g/mol. The van der Waals surface area contributed by atoms with Crippen LogP contribution in [-0.2, 0) is 0 Å². The molecule has 2 rings (SSSR count). The largest absolute Gasteiger partial charge is 0.282 e. The first-order valence-corrected chi connectivity index (χ1v) is 4.42. The van der Waals surface area contributed by atoms with Crippen LogP contribution in [0.1, 0.15) is 13.8 Å². The van der Waals surface area contributed by atoms with Gasteiger partial charge in [-0.15, -0.1) is 11.8 Å². The molecule has 0 N–H and O–H groups in total. The highest BCUT2D eigenvalue weighted by atomic mass is 32.2. The Morgan fingerprint density at radius 1 is 1.33 bits per heavy atom. The van der Waals surface area contributed by atoms with Gasteiger partial charge in [-0.05, 0) is 11.8 Å². The van der Waals surface area contributed by atoms with Crippen LogP contribution in [0.5, 0.6) is 0 Å². The summed E-state index contributed by atoms with van der Waals surface area (Å²) in [5.74, 6) is 1.73. The predicted octanol–water partition coefficient (Wildman–Crippen LogP) is 1.78. The highest BCUT2D eigenvalue weighted by Crippen LogP contribution is 2.46. The molecular weight excluding hydrogens is 130 g/mol. The molecule has 1 nitrogen and oxygen atoms in total. The summed E-state index contributed by atoms with van der Waals surface area (Å²) in [4.78, 5) is 4.37. The van der Waals surface area contributed by atoms with Gasteiger partial charge in [-0.1, -0.05) is 13.8 Å². The van der Waals surface area contributed by atoms with E-state index in [-0.39, 0.29) is 0 Å². The van der Waals surface area contributed by atoms with Crippen LogP contribution >= 0.6 is 11.8 Å². The number of nitrogens with zero attached hydrogens (tertiary/aromatic N) is 1. The maximum atomic E-state index is 4.37. The van der Waals surface area contributed by atoms with Gasteiger partial charge in [0.05, 0.1) is 11.6 Å². The van der Waals surface area contributed by atoms with Gasteiger partial charge in [-0.25, -0.2) is 0 Å². The molecule has 3 unspecified atom stereocenters. The Bertz CT molecular complexity index is 155. The van der Waals surface area contributed by atoms with Crippen LogP contribution in [0, 0.1) is 11.8 Å². The first kappa shape index (κ1) is 5.78. The summed E-state index contributed by atoms with van der Waals surface area (Å²) in [6.45, 7) is 4.63. The Hall–Kier alpha value is 0.0200. The number of rotatable bonds is 0. The number of thioether (sulfide) groups is 1. The van der Waals surface area contributed by atoms with Crippen molar-refractivity contribution in [3.05, 3.63) is 0 Å². The Morgan fingerprint density at radius 2 is 2.11 bits per heavy atom. The van der Waals surface area contributed by atoms with E-state index < -0.39 is 0 Å². The predicted molar refractivity (Wildman–Crippen MR) is 42.0 cm³/mol. The van der Waals surface area contributed by atoms with Crippen molar-refractivity contribution >= 4 is 17.3 Å². The van der Waals surface area contributed by atoms with Crippen molar-refractivity contribution in [1.82, 2.24) is 0 Å². The summed E-state index contributed by atoms with van der Waals surface area (Å²) in [5.41, 5.74) is 2.02. The first-order valence-electron chi connectivity index (χ1n) is 3.48. The van der Waals surface area contributed by atoms with Gasteiger partial charge in [0.2, 0.25) is 0 Å². The molecule has 0 amide bonds. The summed E-state index contributed by atoms with van der Waals surface area (Å²) in [7, 11) is 0. The van der Waals surface area contributed by atoms with Gasteiger partial charge in [0.1, 0.15) is 0 Å². The fourth-order valence-electron chi connectivity index (χ4n) is 1.68. The van der Waals surface area contributed by atoms with E-state index in [9.17, 15) is 0 Å². The molecule has 1 aliphatic heterocycles. The molecule has 2 heteroatoms. The molecule has 2 aliphatic rings. The average molecular weight is 141 g/mol. The molecule has 1 aliphatic carbocycles. The fraction of sp³-hybridized carbons (Fsp3) is 0.857. The maximum Gasteiger partial charge on any atom is 0.0659 e. The van der Waals surface area contributed by atoms with Crippen molar-refractivity contribution in [2.75, 3.05) is 0 Å². The van der Waals surface area contributed by atoms with E-state index >= 15 is 0 Å². The molecular formula is C7H11NS. The molecule has 0 radical (unpaired) electrons. The van der Waals surface area contributed by atoms with E-state index in [4.69, 9.17) is 0 Å². The van der Waals surface area contributed by atoms with Crippen LogP contribution in [0.2, 0.25) is 0 Å². The van der Waals surface area contributed by atoms with Crippen molar-refractivity contribution in [3.8, 4) is 0 Å². The van der Waals surface area contributed by atoms with Crippen LogP contribution < -0.4 is 0 Å². The maximum absolute atomic E-state index is 4.37. The highest BCUT2D eigenvalue weighted by Gasteiger charge is 2.47. The molecule has 1 saturated carbocycles. The number of hydrogen-bond donors (Lipinski definition) is 0. The van der Waals surface area contributed by atoms with Crippen molar-refractivity contribution in [2.24, 2.45) is 16.8 Å². The zero-order chi connectivity index (χ0) is 6.43. The van der Waals surface area contributed by atoms with Gasteiger partial charge >= 0.3 is 0 Å². The summed E-state index contributed by atoms with van der Waals surface area (Å²) in [6.07, 6.45) is 0.